The van der Waals surface area contributed by atoms with E-state index in [1.165, 1.54) is 11.4 Å². The molecule has 1 rings (SSSR count). The molecule has 0 aliphatic carbocycles. The Morgan fingerprint density at radius 3 is 2.45 bits per heavy atom. The van der Waals surface area contributed by atoms with Gasteiger partial charge in [0.1, 0.15) is 0 Å². The maximum atomic E-state index is 13.3. The Morgan fingerprint density at radius 1 is 1.30 bits per heavy atom. The van der Waals surface area contributed by atoms with Crippen LogP contribution in [-0.2, 0) is 13.8 Å². The Kier molecular flexibility index (Phi) is 8.77. The highest BCUT2D eigenvalue weighted by molar-refractivity contribution is 8.56. The van der Waals surface area contributed by atoms with Gasteiger partial charge in [-0.2, -0.15) is 0 Å². The second-order valence-electron chi connectivity index (χ2n) is 5.58. The lowest BCUT2D eigenvalue weighted by molar-refractivity contribution is 0.0474. The third-order valence-corrected chi connectivity index (χ3v) is 9.30. The molecule has 2 atom stereocenters. The summed E-state index contributed by atoms with van der Waals surface area (Å²) >= 11 is 1.54. The van der Waals surface area contributed by atoms with Crippen LogP contribution in [-0.4, -0.2) is 49.3 Å². The summed E-state index contributed by atoms with van der Waals surface area (Å²) in [4.78, 5) is 2.31. The van der Waals surface area contributed by atoms with Gasteiger partial charge in [-0.3, -0.25) is 9.46 Å². The molecule has 0 aromatic rings. The zero-order valence-electron chi connectivity index (χ0n) is 13.3. The Balaban J connectivity index is 2.63. The van der Waals surface area contributed by atoms with Crippen LogP contribution in [0.15, 0.2) is 0 Å². The van der Waals surface area contributed by atoms with Gasteiger partial charge in [-0.15, -0.1) is 0 Å². The van der Waals surface area contributed by atoms with E-state index in [9.17, 15) is 4.57 Å². The number of morpholine rings is 1. The number of ether oxygens (including phenoxy) is 1. The van der Waals surface area contributed by atoms with Crippen molar-refractivity contribution in [1.29, 1.82) is 0 Å². The zero-order valence-corrected chi connectivity index (χ0v) is 15.0. The lowest BCUT2D eigenvalue weighted by Gasteiger charge is -2.32. The van der Waals surface area contributed by atoms with Gasteiger partial charge in [0, 0.05) is 18.7 Å². The molecule has 20 heavy (non-hydrogen) atoms. The van der Waals surface area contributed by atoms with Crippen LogP contribution in [0.5, 0.6) is 0 Å². The predicted molar refractivity (Wildman–Crippen MR) is 87.6 cm³/mol. The van der Waals surface area contributed by atoms with Crippen molar-refractivity contribution in [3.05, 3.63) is 0 Å². The van der Waals surface area contributed by atoms with Gasteiger partial charge < -0.3 is 9.26 Å². The van der Waals surface area contributed by atoms with Crippen LogP contribution in [0.1, 0.15) is 40.5 Å². The SMILES string of the molecule is CCCOP(=O)(SCN1CCOCC1)C(CC)C(C)C. The summed E-state index contributed by atoms with van der Waals surface area (Å²) in [6, 6.07) is 0. The maximum Gasteiger partial charge on any atom is 0.262 e. The molecule has 120 valence electrons. The second kappa shape index (κ2) is 9.47. The minimum Gasteiger partial charge on any atom is -0.379 e. The molecule has 0 saturated carbocycles. The molecule has 0 aromatic heterocycles. The minimum absolute atomic E-state index is 0.153. The van der Waals surface area contributed by atoms with Crippen molar-refractivity contribution in [2.75, 3.05) is 38.8 Å². The molecule has 1 aliphatic rings. The monoisotopic (exact) mass is 323 g/mol. The molecule has 1 aliphatic heterocycles. The fourth-order valence-corrected chi connectivity index (χ4v) is 8.23. The number of rotatable bonds is 9. The summed E-state index contributed by atoms with van der Waals surface area (Å²) in [7, 11) is 0. The highest BCUT2D eigenvalue weighted by atomic mass is 32.7. The lowest BCUT2D eigenvalue weighted by atomic mass is 10.1. The van der Waals surface area contributed by atoms with E-state index in [1.807, 2.05) is 0 Å². The van der Waals surface area contributed by atoms with E-state index in [4.69, 9.17) is 9.26 Å². The van der Waals surface area contributed by atoms with Crippen LogP contribution in [0.2, 0.25) is 0 Å². The summed E-state index contributed by atoms with van der Waals surface area (Å²) in [5.41, 5.74) is 0.153. The molecular weight excluding hydrogens is 293 g/mol. The van der Waals surface area contributed by atoms with Gasteiger partial charge in [0.15, 0.2) is 0 Å². The molecule has 2 unspecified atom stereocenters. The van der Waals surface area contributed by atoms with Crippen LogP contribution in [0.4, 0.5) is 0 Å². The van der Waals surface area contributed by atoms with Crippen LogP contribution in [0.3, 0.4) is 0 Å². The lowest BCUT2D eigenvalue weighted by Crippen LogP contribution is -2.36. The van der Waals surface area contributed by atoms with Crippen molar-refractivity contribution in [3.8, 4) is 0 Å². The largest absolute Gasteiger partial charge is 0.379 e. The molecule has 6 heteroatoms. The standard InChI is InChI=1S/C14H30NO3PS/c1-5-9-18-19(16,14(6-2)13(3)4)20-12-15-7-10-17-11-8-15/h13-14H,5-12H2,1-4H3. The van der Waals surface area contributed by atoms with Crippen molar-refractivity contribution in [3.63, 3.8) is 0 Å². The van der Waals surface area contributed by atoms with Gasteiger partial charge in [-0.1, -0.05) is 39.1 Å². The molecule has 0 aromatic carbocycles. The first kappa shape index (κ1) is 18.5. The molecular formula is C14H30NO3PS. The van der Waals surface area contributed by atoms with E-state index in [0.717, 1.165) is 45.0 Å². The van der Waals surface area contributed by atoms with Gasteiger partial charge in [0.05, 0.1) is 25.7 Å². The quantitative estimate of drug-likeness (QED) is 0.598. The van der Waals surface area contributed by atoms with E-state index in [2.05, 4.69) is 32.6 Å². The first-order valence-corrected chi connectivity index (χ1v) is 11.0. The summed E-state index contributed by atoms with van der Waals surface area (Å²) in [6.07, 6.45) is 1.82. The Morgan fingerprint density at radius 2 is 1.95 bits per heavy atom. The van der Waals surface area contributed by atoms with E-state index in [-0.39, 0.29) is 5.66 Å². The van der Waals surface area contributed by atoms with E-state index in [1.54, 1.807) is 0 Å². The van der Waals surface area contributed by atoms with Crippen LogP contribution in [0, 0.1) is 5.92 Å². The number of hydrogen-bond donors (Lipinski definition) is 0. The van der Waals surface area contributed by atoms with Crippen molar-refractivity contribution in [2.45, 2.75) is 46.2 Å². The molecule has 4 nitrogen and oxygen atoms in total. The number of hydrogen-bond acceptors (Lipinski definition) is 5. The van der Waals surface area contributed by atoms with Gasteiger partial charge in [0.25, 0.3) is 6.57 Å². The summed E-state index contributed by atoms with van der Waals surface area (Å²) < 4.78 is 24.5. The molecule has 1 heterocycles. The molecule has 1 saturated heterocycles. The fourth-order valence-electron chi connectivity index (χ4n) is 2.40. The predicted octanol–water partition coefficient (Wildman–Crippen LogP) is 4.06. The van der Waals surface area contributed by atoms with Crippen molar-refractivity contribution in [2.24, 2.45) is 5.92 Å². The molecule has 1 fully saturated rings. The summed E-state index contributed by atoms with van der Waals surface area (Å²) in [5, 5.41) is 0. The molecule has 0 spiro atoms. The average molecular weight is 323 g/mol. The third kappa shape index (κ3) is 5.69. The summed E-state index contributed by atoms with van der Waals surface area (Å²) in [6.45, 7) is 9.84. The first-order valence-electron chi connectivity index (χ1n) is 7.72. The molecule has 0 bridgehead atoms. The number of nitrogens with zero attached hydrogens (tertiary/aromatic N) is 1. The van der Waals surface area contributed by atoms with E-state index >= 15 is 0 Å². The Bertz CT molecular complexity index is 309. The molecule has 0 N–H and O–H groups in total. The minimum atomic E-state index is -2.63. The summed E-state index contributed by atoms with van der Waals surface area (Å²) in [5.74, 6) is 1.17. The van der Waals surface area contributed by atoms with Crippen LogP contribution >= 0.6 is 18.0 Å². The average Bonchev–Trinajstić information content (AvgIpc) is 2.44. The Labute approximate surface area is 128 Å². The van der Waals surface area contributed by atoms with Gasteiger partial charge in [-0.25, -0.2) is 0 Å². The fraction of sp³-hybridized carbons (Fsp3) is 1.00. The third-order valence-electron chi connectivity index (χ3n) is 3.59. The van der Waals surface area contributed by atoms with Crippen molar-refractivity contribution < 1.29 is 13.8 Å². The van der Waals surface area contributed by atoms with Gasteiger partial charge >= 0.3 is 0 Å². The van der Waals surface area contributed by atoms with Crippen LogP contribution < -0.4 is 0 Å². The Hall–Kier alpha value is 0.460. The van der Waals surface area contributed by atoms with Gasteiger partial charge in [-0.05, 0) is 18.8 Å². The highest BCUT2D eigenvalue weighted by Crippen LogP contribution is 2.66. The zero-order chi connectivity index (χ0) is 15.0. The van der Waals surface area contributed by atoms with Gasteiger partial charge in [0.2, 0.25) is 0 Å². The maximum absolute atomic E-state index is 13.3. The smallest absolute Gasteiger partial charge is 0.262 e. The normalized spacial score (nSPS) is 21.9. The first-order chi connectivity index (χ1) is 9.53. The van der Waals surface area contributed by atoms with Crippen molar-refractivity contribution >= 4 is 18.0 Å². The second-order valence-corrected chi connectivity index (χ2v) is 10.4. The molecule has 0 radical (unpaired) electrons. The van der Waals surface area contributed by atoms with Crippen LogP contribution in [0.25, 0.3) is 0 Å². The highest BCUT2D eigenvalue weighted by Gasteiger charge is 2.36. The van der Waals surface area contributed by atoms with Crippen molar-refractivity contribution in [1.82, 2.24) is 4.90 Å². The topological polar surface area (TPSA) is 38.8 Å². The van der Waals surface area contributed by atoms with E-state index < -0.39 is 6.57 Å². The molecule has 0 amide bonds. The van der Waals surface area contributed by atoms with E-state index in [0.29, 0.717) is 12.5 Å².